The van der Waals surface area contributed by atoms with Crippen molar-refractivity contribution in [2.45, 2.75) is 32.2 Å². The van der Waals surface area contributed by atoms with Crippen LogP contribution in [0.5, 0.6) is 0 Å². The number of rotatable bonds is 2. The third kappa shape index (κ3) is 2.81. The third-order valence-electron chi connectivity index (χ3n) is 3.26. The van der Waals surface area contributed by atoms with E-state index >= 15 is 0 Å². The molecule has 0 spiro atoms. The SMILES string of the molecule is Cc1nnsc1C(=O)N(C)C1CCCNCC1. The summed E-state index contributed by atoms with van der Waals surface area (Å²) in [5, 5.41) is 7.25. The van der Waals surface area contributed by atoms with Crippen LogP contribution in [0, 0.1) is 6.92 Å². The molecule has 94 valence electrons. The van der Waals surface area contributed by atoms with Gasteiger partial charge < -0.3 is 10.2 Å². The molecular weight excluding hydrogens is 236 g/mol. The zero-order chi connectivity index (χ0) is 12.3. The van der Waals surface area contributed by atoms with E-state index < -0.39 is 0 Å². The fraction of sp³-hybridized carbons (Fsp3) is 0.727. The Hall–Kier alpha value is -1.01. The fourth-order valence-electron chi connectivity index (χ4n) is 2.14. The maximum atomic E-state index is 12.3. The van der Waals surface area contributed by atoms with Crippen molar-refractivity contribution in [3.8, 4) is 0 Å². The van der Waals surface area contributed by atoms with Crippen LogP contribution >= 0.6 is 11.5 Å². The molecular formula is C11H18N4OS. The van der Waals surface area contributed by atoms with Gasteiger partial charge in [0.15, 0.2) is 0 Å². The second-order valence-corrected chi connectivity index (χ2v) is 5.19. The predicted octanol–water partition coefficient (Wildman–Crippen LogP) is 1.06. The molecule has 1 unspecified atom stereocenters. The van der Waals surface area contributed by atoms with E-state index in [1.807, 2.05) is 18.9 Å². The normalized spacial score (nSPS) is 20.9. The molecule has 2 heterocycles. The summed E-state index contributed by atoms with van der Waals surface area (Å²) in [6, 6.07) is 0.332. The fourth-order valence-corrected chi connectivity index (χ4v) is 2.78. The summed E-state index contributed by atoms with van der Waals surface area (Å²) in [4.78, 5) is 14.8. The maximum Gasteiger partial charge on any atom is 0.267 e. The predicted molar refractivity (Wildman–Crippen MR) is 67.2 cm³/mol. The molecule has 2 rings (SSSR count). The molecule has 0 bridgehead atoms. The molecule has 0 aliphatic carbocycles. The summed E-state index contributed by atoms with van der Waals surface area (Å²) in [7, 11) is 1.89. The lowest BCUT2D eigenvalue weighted by atomic mass is 10.1. The van der Waals surface area contributed by atoms with Crippen LogP contribution in [0.15, 0.2) is 0 Å². The summed E-state index contributed by atoms with van der Waals surface area (Å²) in [5.74, 6) is 0.0596. The van der Waals surface area contributed by atoms with Crippen molar-refractivity contribution in [1.82, 2.24) is 19.8 Å². The Kier molecular flexibility index (Phi) is 4.06. The lowest BCUT2D eigenvalue weighted by molar-refractivity contribution is 0.0724. The first-order chi connectivity index (χ1) is 8.20. The second kappa shape index (κ2) is 5.55. The van der Waals surface area contributed by atoms with Crippen molar-refractivity contribution in [3.63, 3.8) is 0 Å². The van der Waals surface area contributed by atoms with Crippen LogP contribution < -0.4 is 5.32 Å². The summed E-state index contributed by atoms with van der Waals surface area (Å²) in [6.45, 7) is 3.88. The average Bonchev–Trinajstić information content (AvgIpc) is 2.60. The molecule has 17 heavy (non-hydrogen) atoms. The number of nitrogens with zero attached hydrogens (tertiary/aromatic N) is 3. The second-order valence-electron chi connectivity index (χ2n) is 4.44. The molecule has 5 nitrogen and oxygen atoms in total. The number of amides is 1. The van der Waals surface area contributed by atoms with Crippen LogP contribution in [0.3, 0.4) is 0 Å². The van der Waals surface area contributed by atoms with E-state index in [1.165, 1.54) is 11.5 Å². The standard InChI is InChI=1S/C11H18N4OS/c1-8-10(17-14-13-8)11(16)15(2)9-4-3-6-12-7-5-9/h9,12H,3-7H2,1-2H3. The van der Waals surface area contributed by atoms with Crippen LogP contribution in [-0.2, 0) is 0 Å². The van der Waals surface area contributed by atoms with Crippen molar-refractivity contribution in [2.24, 2.45) is 0 Å². The maximum absolute atomic E-state index is 12.3. The van der Waals surface area contributed by atoms with E-state index in [0.29, 0.717) is 10.9 Å². The van der Waals surface area contributed by atoms with E-state index in [1.54, 1.807) is 0 Å². The number of aryl methyl sites for hydroxylation is 1. The number of hydrogen-bond donors (Lipinski definition) is 1. The zero-order valence-electron chi connectivity index (χ0n) is 10.3. The Morgan fingerprint density at radius 1 is 1.47 bits per heavy atom. The highest BCUT2D eigenvalue weighted by Crippen LogP contribution is 2.18. The van der Waals surface area contributed by atoms with Crippen molar-refractivity contribution in [2.75, 3.05) is 20.1 Å². The molecule has 1 aliphatic rings. The minimum Gasteiger partial charge on any atom is -0.338 e. The zero-order valence-corrected chi connectivity index (χ0v) is 11.1. The van der Waals surface area contributed by atoms with Gasteiger partial charge in [-0.1, -0.05) is 4.49 Å². The monoisotopic (exact) mass is 254 g/mol. The highest BCUT2D eigenvalue weighted by atomic mass is 32.1. The number of carbonyl (C=O) groups is 1. The molecule has 0 aromatic carbocycles. The van der Waals surface area contributed by atoms with Crippen LogP contribution in [0.2, 0.25) is 0 Å². The van der Waals surface area contributed by atoms with Crippen molar-refractivity contribution >= 4 is 17.4 Å². The minimum absolute atomic E-state index is 0.0596. The molecule has 1 atom stereocenters. The van der Waals surface area contributed by atoms with Gasteiger partial charge in [-0.3, -0.25) is 4.79 Å². The van der Waals surface area contributed by atoms with E-state index in [9.17, 15) is 4.79 Å². The molecule has 1 saturated heterocycles. The first kappa shape index (κ1) is 12.4. The van der Waals surface area contributed by atoms with Gasteiger partial charge in [0.05, 0.1) is 5.69 Å². The number of aromatic nitrogens is 2. The number of nitrogens with one attached hydrogen (secondary N) is 1. The number of hydrogen-bond acceptors (Lipinski definition) is 5. The quantitative estimate of drug-likeness (QED) is 0.857. The van der Waals surface area contributed by atoms with E-state index in [-0.39, 0.29) is 5.91 Å². The molecule has 0 saturated carbocycles. The van der Waals surface area contributed by atoms with Gasteiger partial charge in [0.25, 0.3) is 5.91 Å². The summed E-state index contributed by atoms with van der Waals surface area (Å²) < 4.78 is 3.82. The molecule has 6 heteroatoms. The van der Waals surface area contributed by atoms with E-state index in [2.05, 4.69) is 14.9 Å². The largest absolute Gasteiger partial charge is 0.338 e. The van der Waals surface area contributed by atoms with E-state index in [0.717, 1.165) is 38.0 Å². The Morgan fingerprint density at radius 2 is 2.29 bits per heavy atom. The van der Waals surface area contributed by atoms with Gasteiger partial charge in [0.1, 0.15) is 4.88 Å². The highest BCUT2D eigenvalue weighted by molar-refractivity contribution is 7.07. The lowest BCUT2D eigenvalue weighted by Crippen LogP contribution is -2.37. The third-order valence-corrected chi connectivity index (χ3v) is 4.07. The smallest absolute Gasteiger partial charge is 0.267 e. The van der Waals surface area contributed by atoms with Gasteiger partial charge in [0.2, 0.25) is 0 Å². The van der Waals surface area contributed by atoms with Gasteiger partial charge in [-0.05, 0) is 50.8 Å². The average molecular weight is 254 g/mol. The first-order valence-electron chi connectivity index (χ1n) is 5.97. The first-order valence-corrected chi connectivity index (χ1v) is 6.74. The summed E-state index contributed by atoms with van der Waals surface area (Å²) in [6.07, 6.45) is 3.22. The Morgan fingerprint density at radius 3 is 3.00 bits per heavy atom. The van der Waals surface area contributed by atoms with Gasteiger partial charge in [-0.2, -0.15) is 0 Å². The van der Waals surface area contributed by atoms with Crippen LogP contribution in [0.25, 0.3) is 0 Å². The Bertz CT molecular complexity index is 385. The molecule has 1 N–H and O–H groups in total. The lowest BCUT2D eigenvalue weighted by Gasteiger charge is -2.26. The summed E-state index contributed by atoms with van der Waals surface area (Å²) in [5.41, 5.74) is 0.735. The van der Waals surface area contributed by atoms with Crippen LogP contribution in [0.1, 0.15) is 34.6 Å². The van der Waals surface area contributed by atoms with Gasteiger partial charge in [0, 0.05) is 13.1 Å². The molecule has 0 radical (unpaired) electrons. The molecule has 1 aromatic heterocycles. The Labute approximate surface area is 105 Å². The van der Waals surface area contributed by atoms with Gasteiger partial charge >= 0.3 is 0 Å². The molecule has 1 aromatic rings. The topological polar surface area (TPSA) is 58.1 Å². The van der Waals surface area contributed by atoms with Crippen molar-refractivity contribution in [3.05, 3.63) is 10.6 Å². The van der Waals surface area contributed by atoms with Gasteiger partial charge in [-0.15, -0.1) is 5.10 Å². The molecule has 1 fully saturated rings. The Balaban J connectivity index is 2.06. The molecule has 1 amide bonds. The minimum atomic E-state index is 0.0596. The van der Waals surface area contributed by atoms with Crippen molar-refractivity contribution < 1.29 is 4.79 Å². The highest BCUT2D eigenvalue weighted by Gasteiger charge is 2.24. The van der Waals surface area contributed by atoms with Crippen LogP contribution in [0.4, 0.5) is 0 Å². The van der Waals surface area contributed by atoms with Crippen LogP contribution in [-0.4, -0.2) is 46.6 Å². The molecule has 1 aliphatic heterocycles. The number of carbonyl (C=O) groups excluding carboxylic acids is 1. The van der Waals surface area contributed by atoms with Gasteiger partial charge in [-0.25, -0.2) is 0 Å². The van der Waals surface area contributed by atoms with Crippen molar-refractivity contribution in [1.29, 1.82) is 0 Å². The van der Waals surface area contributed by atoms with E-state index in [4.69, 9.17) is 0 Å². The summed E-state index contributed by atoms with van der Waals surface area (Å²) >= 11 is 1.19.